The zero-order chi connectivity index (χ0) is 11.4. The van der Waals surface area contributed by atoms with Crippen LogP contribution in [0.25, 0.3) is 0 Å². The van der Waals surface area contributed by atoms with Gasteiger partial charge in [0.05, 0.1) is 6.61 Å². The number of hydrogen-bond donors (Lipinski definition) is 4. The van der Waals surface area contributed by atoms with Crippen molar-refractivity contribution >= 4 is 0 Å². The maximum Gasteiger partial charge on any atom is 0.184 e. The van der Waals surface area contributed by atoms with Crippen LogP contribution in [0.3, 0.4) is 0 Å². The average molecular weight is 218 g/mol. The lowest BCUT2D eigenvalue weighted by atomic mass is 9.99. The Labute approximate surface area is 87.1 Å². The van der Waals surface area contributed by atoms with Crippen LogP contribution < -0.4 is 0 Å². The van der Waals surface area contributed by atoms with E-state index in [0.717, 1.165) is 0 Å². The van der Waals surface area contributed by atoms with Crippen molar-refractivity contribution in [2.24, 2.45) is 0 Å². The van der Waals surface area contributed by atoms with E-state index in [2.05, 4.69) is 5.92 Å². The third-order valence-corrected chi connectivity index (χ3v) is 2.20. The van der Waals surface area contributed by atoms with Gasteiger partial charge in [0.2, 0.25) is 0 Å². The van der Waals surface area contributed by atoms with Gasteiger partial charge in [-0.2, -0.15) is 0 Å². The number of aliphatic hydroxyl groups excluding tert-OH is 4. The van der Waals surface area contributed by atoms with Gasteiger partial charge in [0.25, 0.3) is 0 Å². The molecule has 6 nitrogen and oxygen atoms in total. The highest BCUT2D eigenvalue weighted by molar-refractivity contribution is 4.92. The molecule has 1 aliphatic rings. The summed E-state index contributed by atoms with van der Waals surface area (Å²) in [7, 11) is 0. The molecule has 15 heavy (non-hydrogen) atoms. The molecule has 0 bridgehead atoms. The normalized spacial score (nSPS) is 41.1. The highest BCUT2D eigenvalue weighted by atomic mass is 16.6. The van der Waals surface area contributed by atoms with Crippen LogP contribution >= 0.6 is 0 Å². The molecule has 1 aliphatic heterocycles. The predicted octanol–water partition coefficient (Wildman–Crippen LogP) is -2.56. The van der Waals surface area contributed by atoms with E-state index in [0.29, 0.717) is 0 Å². The summed E-state index contributed by atoms with van der Waals surface area (Å²) in [5.74, 6) is 2.17. The highest BCUT2D eigenvalue weighted by Gasteiger charge is 2.44. The summed E-state index contributed by atoms with van der Waals surface area (Å²) in [6.07, 6.45) is -1.24. The van der Waals surface area contributed by atoms with Crippen molar-refractivity contribution < 1.29 is 29.9 Å². The molecule has 0 amide bonds. The van der Waals surface area contributed by atoms with Gasteiger partial charge in [-0.25, -0.2) is 0 Å². The molecule has 0 radical (unpaired) electrons. The minimum Gasteiger partial charge on any atom is -0.394 e. The second-order valence-electron chi connectivity index (χ2n) is 3.21. The fourth-order valence-corrected chi connectivity index (χ4v) is 1.41. The molecule has 0 aromatic carbocycles. The lowest BCUT2D eigenvalue weighted by Gasteiger charge is -2.39. The van der Waals surface area contributed by atoms with E-state index in [4.69, 9.17) is 21.0 Å². The van der Waals surface area contributed by atoms with Crippen molar-refractivity contribution in [2.45, 2.75) is 30.7 Å². The second-order valence-corrected chi connectivity index (χ2v) is 3.21. The van der Waals surface area contributed by atoms with Crippen LogP contribution in [0.4, 0.5) is 0 Å². The van der Waals surface area contributed by atoms with Gasteiger partial charge in [0.15, 0.2) is 6.29 Å². The summed E-state index contributed by atoms with van der Waals surface area (Å²) in [5, 5.41) is 37.1. The van der Waals surface area contributed by atoms with E-state index >= 15 is 0 Å². The molecule has 0 saturated carbocycles. The monoisotopic (exact) mass is 218 g/mol. The Morgan fingerprint density at radius 3 is 2.47 bits per heavy atom. The van der Waals surface area contributed by atoms with Crippen LogP contribution in [0.15, 0.2) is 0 Å². The lowest BCUT2D eigenvalue weighted by Crippen LogP contribution is -2.59. The first-order chi connectivity index (χ1) is 7.11. The van der Waals surface area contributed by atoms with Crippen molar-refractivity contribution in [1.82, 2.24) is 0 Å². The van der Waals surface area contributed by atoms with E-state index in [-0.39, 0.29) is 6.61 Å². The molecule has 5 atom stereocenters. The minimum atomic E-state index is -1.51. The molecule has 4 N–H and O–H groups in total. The van der Waals surface area contributed by atoms with Crippen molar-refractivity contribution in [2.75, 3.05) is 13.2 Å². The molecule has 1 saturated heterocycles. The number of ether oxygens (including phenoxy) is 2. The second kappa shape index (κ2) is 5.42. The first-order valence-electron chi connectivity index (χ1n) is 4.47. The zero-order valence-corrected chi connectivity index (χ0v) is 7.98. The van der Waals surface area contributed by atoms with Gasteiger partial charge >= 0.3 is 0 Å². The quantitative estimate of drug-likeness (QED) is 0.389. The molecule has 1 fully saturated rings. The van der Waals surface area contributed by atoms with Crippen LogP contribution in [0.5, 0.6) is 0 Å². The largest absolute Gasteiger partial charge is 0.394 e. The third-order valence-electron chi connectivity index (χ3n) is 2.20. The summed E-state index contributed by atoms with van der Waals surface area (Å²) in [6.45, 7) is -0.593. The maximum absolute atomic E-state index is 9.59. The maximum atomic E-state index is 9.59. The Morgan fingerprint density at radius 1 is 1.27 bits per heavy atom. The number of hydrogen-bond acceptors (Lipinski definition) is 6. The van der Waals surface area contributed by atoms with E-state index in [1.165, 1.54) is 0 Å². The van der Waals surface area contributed by atoms with Crippen molar-refractivity contribution in [3.8, 4) is 12.3 Å². The smallest absolute Gasteiger partial charge is 0.184 e. The SMILES string of the molecule is C#CCO[C@H]1[C@@H](O)[C@@H](CO)OC(O)[C@@H]1O. The molecule has 0 spiro atoms. The summed E-state index contributed by atoms with van der Waals surface area (Å²) in [6, 6.07) is 0. The van der Waals surface area contributed by atoms with Gasteiger partial charge in [-0.05, 0) is 0 Å². The van der Waals surface area contributed by atoms with E-state index < -0.39 is 37.3 Å². The average Bonchev–Trinajstić information content (AvgIpc) is 2.23. The number of rotatable bonds is 3. The van der Waals surface area contributed by atoms with Crippen molar-refractivity contribution in [1.29, 1.82) is 0 Å². The van der Waals surface area contributed by atoms with Crippen LogP contribution in [-0.4, -0.2) is 64.3 Å². The molecule has 1 unspecified atom stereocenters. The highest BCUT2D eigenvalue weighted by Crippen LogP contribution is 2.21. The molecule has 1 rings (SSSR count). The number of aliphatic hydroxyl groups is 4. The first-order valence-corrected chi connectivity index (χ1v) is 4.47. The Morgan fingerprint density at radius 2 is 1.93 bits per heavy atom. The molecule has 0 aliphatic carbocycles. The van der Waals surface area contributed by atoms with Gasteiger partial charge in [0, 0.05) is 0 Å². The molecule has 0 aromatic rings. The Bertz CT molecular complexity index is 237. The Balaban J connectivity index is 2.67. The molecule has 6 heteroatoms. The number of terminal acetylenes is 1. The molecule has 0 aromatic heterocycles. The van der Waals surface area contributed by atoms with Gasteiger partial charge in [0.1, 0.15) is 31.0 Å². The molecule has 1 heterocycles. The van der Waals surface area contributed by atoms with Crippen LogP contribution in [0, 0.1) is 12.3 Å². The molecule has 86 valence electrons. The summed E-state index contributed by atoms with van der Waals surface area (Å²) in [5.41, 5.74) is 0. The van der Waals surface area contributed by atoms with Crippen molar-refractivity contribution in [3.63, 3.8) is 0 Å². The van der Waals surface area contributed by atoms with Crippen LogP contribution in [0.1, 0.15) is 0 Å². The predicted molar refractivity (Wildman–Crippen MR) is 48.6 cm³/mol. The molecular weight excluding hydrogens is 204 g/mol. The minimum absolute atomic E-state index is 0.107. The van der Waals surface area contributed by atoms with E-state index in [9.17, 15) is 15.3 Å². The Hall–Kier alpha value is -0.680. The van der Waals surface area contributed by atoms with Gasteiger partial charge in [-0.15, -0.1) is 6.42 Å². The lowest BCUT2D eigenvalue weighted by molar-refractivity contribution is -0.292. The van der Waals surface area contributed by atoms with Gasteiger partial charge in [-0.1, -0.05) is 5.92 Å². The first kappa shape index (κ1) is 12.4. The summed E-state index contributed by atoms with van der Waals surface area (Å²) < 4.78 is 9.72. The summed E-state index contributed by atoms with van der Waals surface area (Å²) in [4.78, 5) is 0. The topological polar surface area (TPSA) is 99.4 Å². The zero-order valence-electron chi connectivity index (χ0n) is 7.98. The molecular formula is C9H14O6. The fraction of sp³-hybridized carbons (Fsp3) is 0.778. The van der Waals surface area contributed by atoms with Crippen LogP contribution in [-0.2, 0) is 9.47 Å². The Kier molecular flexibility index (Phi) is 4.47. The standard InChI is InChI=1S/C9H14O6/c1-2-3-14-8-6(11)5(4-10)15-9(13)7(8)12/h1,5-13H,3-4H2/t5-,6+,7-,8+,9?/m1/s1. The fourth-order valence-electron chi connectivity index (χ4n) is 1.41. The van der Waals surface area contributed by atoms with E-state index in [1.807, 2.05) is 0 Å². The summed E-state index contributed by atoms with van der Waals surface area (Å²) >= 11 is 0. The van der Waals surface area contributed by atoms with Gasteiger partial charge in [-0.3, -0.25) is 0 Å². The van der Waals surface area contributed by atoms with E-state index in [1.54, 1.807) is 0 Å². The van der Waals surface area contributed by atoms with Crippen LogP contribution in [0.2, 0.25) is 0 Å². The van der Waals surface area contributed by atoms with Crippen molar-refractivity contribution in [3.05, 3.63) is 0 Å². The third kappa shape index (κ3) is 2.66. The van der Waals surface area contributed by atoms with Gasteiger partial charge < -0.3 is 29.9 Å².